The standard InChI is InChI=1S/C13H15ClN2O5/c1-7(6-17)15-12(18)13(19)16-9-5-11-10(4-8(9)14)20-2-3-21-11/h4-5,7,17H,2-3,6H2,1H3,(H,15,18)(H,16,19). The molecule has 7 nitrogen and oxygen atoms in total. The van der Waals surface area contributed by atoms with Gasteiger partial charge in [-0.2, -0.15) is 0 Å². The summed E-state index contributed by atoms with van der Waals surface area (Å²) in [4.78, 5) is 23.3. The van der Waals surface area contributed by atoms with E-state index in [-0.39, 0.29) is 17.3 Å². The monoisotopic (exact) mass is 314 g/mol. The van der Waals surface area contributed by atoms with E-state index in [0.717, 1.165) is 0 Å². The lowest BCUT2D eigenvalue weighted by atomic mass is 10.2. The molecule has 1 aromatic rings. The minimum Gasteiger partial charge on any atom is -0.486 e. The fraction of sp³-hybridized carbons (Fsp3) is 0.385. The van der Waals surface area contributed by atoms with E-state index < -0.39 is 17.9 Å². The number of halogens is 1. The number of carbonyl (C=O) groups excluding carboxylic acids is 2. The molecule has 3 N–H and O–H groups in total. The van der Waals surface area contributed by atoms with Crippen molar-refractivity contribution in [2.75, 3.05) is 25.1 Å². The molecule has 0 spiro atoms. The summed E-state index contributed by atoms with van der Waals surface area (Å²) in [5, 5.41) is 13.8. The molecule has 2 rings (SSSR count). The van der Waals surface area contributed by atoms with Crippen LogP contribution in [0.1, 0.15) is 6.92 Å². The Morgan fingerprint density at radius 3 is 2.52 bits per heavy atom. The first-order chi connectivity index (χ1) is 10.0. The molecule has 0 aromatic heterocycles. The van der Waals surface area contributed by atoms with E-state index in [1.54, 1.807) is 6.92 Å². The average molecular weight is 315 g/mol. The molecule has 0 bridgehead atoms. The first kappa shape index (κ1) is 15.4. The number of fused-ring (bicyclic) bond motifs is 1. The molecule has 1 aromatic carbocycles. The van der Waals surface area contributed by atoms with E-state index in [0.29, 0.717) is 24.7 Å². The molecule has 8 heteroatoms. The second kappa shape index (κ2) is 6.64. The number of benzene rings is 1. The third-order valence-corrected chi connectivity index (χ3v) is 3.05. The highest BCUT2D eigenvalue weighted by atomic mass is 35.5. The fourth-order valence-corrected chi connectivity index (χ4v) is 1.87. The Bertz CT molecular complexity index is 564. The second-order valence-corrected chi connectivity index (χ2v) is 4.89. The van der Waals surface area contributed by atoms with Crippen molar-refractivity contribution in [3.8, 4) is 11.5 Å². The molecule has 0 fully saturated rings. The van der Waals surface area contributed by atoms with E-state index in [1.165, 1.54) is 12.1 Å². The molecular formula is C13H15ClN2O5. The molecule has 1 atom stereocenters. The molecule has 1 aliphatic heterocycles. The summed E-state index contributed by atoms with van der Waals surface area (Å²) in [5.74, 6) is -0.802. The van der Waals surface area contributed by atoms with E-state index in [9.17, 15) is 9.59 Å². The van der Waals surface area contributed by atoms with Crippen LogP contribution in [0.3, 0.4) is 0 Å². The van der Waals surface area contributed by atoms with Crippen molar-refractivity contribution in [2.45, 2.75) is 13.0 Å². The van der Waals surface area contributed by atoms with Crippen molar-refractivity contribution in [3.63, 3.8) is 0 Å². The number of aliphatic hydroxyl groups is 1. The van der Waals surface area contributed by atoms with E-state index in [2.05, 4.69) is 10.6 Å². The number of nitrogens with one attached hydrogen (secondary N) is 2. The Morgan fingerprint density at radius 2 is 1.90 bits per heavy atom. The number of amides is 2. The maximum Gasteiger partial charge on any atom is 0.313 e. The van der Waals surface area contributed by atoms with E-state index in [4.69, 9.17) is 26.2 Å². The molecule has 1 aliphatic rings. The maximum absolute atomic E-state index is 11.7. The molecule has 21 heavy (non-hydrogen) atoms. The largest absolute Gasteiger partial charge is 0.486 e. The third kappa shape index (κ3) is 3.77. The van der Waals surface area contributed by atoms with Gasteiger partial charge in [0.25, 0.3) is 0 Å². The van der Waals surface area contributed by atoms with Gasteiger partial charge in [0.2, 0.25) is 0 Å². The van der Waals surface area contributed by atoms with Gasteiger partial charge < -0.3 is 25.2 Å². The van der Waals surface area contributed by atoms with Gasteiger partial charge in [-0.05, 0) is 6.92 Å². The fourth-order valence-electron chi connectivity index (χ4n) is 1.67. The van der Waals surface area contributed by atoms with Gasteiger partial charge in [-0.3, -0.25) is 9.59 Å². The zero-order valence-corrected chi connectivity index (χ0v) is 12.1. The molecular weight excluding hydrogens is 300 g/mol. The SMILES string of the molecule is CC(CO)NC(=O)C(=O)Nc1cc2c(cc1Cl)OCCO2. The Balaban J connectivity index is 2.08. The lowest BCUT2D eigenvalue weighted by Crippen LogP contribution is -2.42. The Kier molecular flexibility index (Phi) is 4.87. The quantitative estimate of drug-likeness (QED) is 0.708. The number of anilines is 1. The van der Waals surface area contributed by atoms with Crippen molar-refractivity contribution in [1.82, 2.24) is 5.32 Å². The van der Waals surface area contributed by atoms with Crippen LogP contribution in [0.2, 0.25) is 5.02 Å². The predicted octanol–water partition coefficient (Wildman–Crippen LogP) is 0.547. The predicted molar refractivity (Wildman–Crippen MR) is 75.8 cm³/mol. The topological polar surface area (TPSA) is 96.9 Å². The van der Waals surface area contributed by atoms with Crippen LogP contribution in [0.15, 0.2) is 12.1 Å². The minimum absolute atomic E-state index is 0.232. The molecule has 1 unspecified atom stereocenters. The Morgan fingerprint density at radius 1 is 1.29 bits per heavy atom. The summed E-state index contributed by atoms with van der Waals surface area (Å²) in [6.45, 7) is 2.14. The number of hydrogen-bond donors (Lipinski definition) is 3. The number of rotatable bonds is 3. The molecule has 114 valence electrons. The summed E-state index contributed by atoms with van der Waals surface area (Å²) in [7, 11) is 0. The number of aliphatic hydroxyl groups excluding tert-OH is 1. The highest BCUT2D eigenvalue weighted by molar-refractivity contribution is 6.41. The lowest BCUT2D eigenvalue weighted by Gasteiger charge is -2.20. The Labute approximate surface area is 126 Å². The van der Waals surface area contributed by atoms with Crippen molar-refractivity contribution >= 4 is 29.1 Å². The lowest BCUT2D eigenvalue weighted by molar-refractivity contribution is -0.136. The maximum atomic E-state index is 11.7. The number of ether oxygens (including phenoxy) is 2. The zero-order valence-electron chi connectivity index (χ0n) is 11.3. The van der Waals surface area contributed by atoms with Crippen LogP contribution in [-0.2, 0) is 9.59 Å². The van der Waals surface area contributed by atoms with Crippen molar-refractivity contribution in [2.24, 2.45) is 0 Å². The summed E-state index contributed by atoms with van der Waals surface area (Å²) < 4.78 is 10.7. The van der Waals surface area contributed by atoms with Gasteiger partial charge in [0.15, 0.2) is 11.5 Å². The highest BCUT2D eigenvalue weighted by Gasteiger charge is 2.20. The summed E-state index contributed by atoms with van der Waals surface area (Å²) in [5.41, 5.74) is 0.248. The van der Waals surface area contributed by atoms with Gasteiger partial charge in [-0.25, -0.2) is 0 Å². The Hall–Kier alpha value is -1.99. The normalized spacial score (nSPS) is 14.2. The molecule has 1 heterocycles. The van der Waals surface area contributed by atoms with Crippen LogP contribution in [0.4, 0.5) is 5.69 Å². The average Bonchev–Trinajstić information content (AvgIpc) is 2.47. The second-order valence-electron chi connectivity index (χ2n) is 4.49. The van der Waals surface area contributed by atoms with Gasteiger partial charge in [0, 0.05) is 18.2 Å². The van der Waals surface area contributed by atoms with Crippen molar-refractivity contribution in [1.29, 1.82) is 0 Å². The van der Waals surface area contributed by atoms with Gasteiger partial charge in [0.05, 0.1) is 17.3 Å². The van der Waals surface area contributed by atoms with Crippen LogP contribution >= 0.6 is 11.6 Å². The van der Waals surface area contributed by atoms with Gasteiger partial charge in [-0.1, -0.05) is 11.6 Å². The van der Waals surface area contributed by atoms with Crippen LogP contribution in [-0.4, -0.2) is 42.8 Å². The van der Waals surface area contributed by atoms with Crippen molar-refractivity contribution in [3.05, 3.63) is 17.2 Å². The molecule has 0 saturated heterocycles. The smallest absolute Gasteiger partial charge is 0.313 e. The van der Waals surface area contributed by atoms with Crippen molar-refractivity contribution < 1.29 is 24.2 Å². The molecule has 2 amide bonds. The highest BCUT2D eigenvalue weighted by Crippen LogP contribution is 2.37. The van der Waals surface area contributed by atoms with Gasteiger partial charge in [-0.15, -0.1) is 0 Å². The first-order valence-electron chi connectivity index (χ1n) is 6.33. The molecule has 0 saturated carbocycles. The third-order valence-electron chi connectivity index (χ3n) is 2.74. The molecule has 0 aliphatic carbocycles. The van der Waals surface area contributed by atoms with Gasteiger partial charge in [0.1, 0.15) is 13.2 Å². The van der Waals surface area contributed by atoms with Gasteiger partial charge >= 0.3 is 11.8 Å². The summed E-state index contributed by atoms with van der Waals surface area (Å²) in [6.07, 6.45) is 0. The van der Waals surface area contributed by atoms with E-state index >= 15 is 0 Å². The van der Waals surface area contributed by atoms with E-state index in [1.807, 2.05) is 0 Å². The summed E-state index contributed by atoms with van der Waals surface area (Å²) >= 11 is 6.02. The summed E-state index contributed by atoms with van der Waals surface area (Å²) in [6, 6.07) is 2.50. The minimum atomic E-state index is -0.881. The molecule has 0 radical (unpaired) electrons. The van der Waals surface area contributed by atoms with Crippen LogP contribution < -0.4 is 20.1 Å². The van der Waals surface area contributed by atoms with Crippen LogP contribution in [0, 0.1) is 0 Å². The zero-order chi connectivity index (χ0) is 15.4. The number of hydrogen-bond acceptors (Lipinski definition) is 5. The number of carbonyl (C=O) groups is 2. The van der Waals surface area contributed by atoms with Crippen LogP contribution in [0.25, 0.3) is 0 Å². The first-order valence-corrected chi connectivity index (χ1v) is 6.71. The van der Waals surface area contributed by atoms with Crippen LogP contribution in [0.5, 0.6) is 11.5 Å².